The quantitative estimate of drug-likeness (QED) is 0.162. The van der Waals surface area contributed by atoms with Crippen LogP contribution in [0.1, 0.15) is 0 Å². The van der Waals surface area contributed by atoms with Crippen LogP contribution in [-0.4, -0.2) is 38.4 Å². The van der Waals surface area contributed by atoms with Crippen LogP contribution >= 0.6 is 22.6 Å². The topological polar surface area (TPSA) is 71.1 Å². The summed E-state index contributed by atoms with van der Waals surface area (Å²) in [6.07, 6.45) is 2.99. The van der Waals surface area contributed by atoms with Crippen LogP contribution in [0.25, 0.3) is 21.5 Å². The molecule has 0 aliphatic rings. The third-order valence-electron chi connectivity index (χ3n) is 4.28. The Morgan fingerprint density at radius 3 is 1.77 bits per heavy atom. The van der Waals surface area contributed by atoms with E-state index in [2.05, 4.69) is 35.7 Å². The van der Waals surface area contributed by atoms with Gasteiger partial charge in [0.1, 0.15) is 24.7 Å². The molecule has 3 rings (SSSR count). The molecule has 7 heteroatoms. The van der Waals surface area contributed by atoms with Gasteiger partial charge in [-0.2, -0.15) is 0 Å². The minimum Gasteiger partial charge on any atom is -0.481 e. The SMILES string of the molecule is C=CCOC(=O)COc1c2ccccc2c(OCC(=O)OCC=C)c2cc(I)ccc12. The molecule has 0 saturated carbocycles. The highest BCUT2D eigenvalue weighted by Crippen LogP contribution is 2.43. The Morgan fingerprint density at radius 2 is 1.26 bits per heavy atom. The molecule has 0 fully saturated rings. The van der Waals surface area contributed by atoms with Gasteiger partial charge >= 0.3 is 11.9 Å². The van der Waals surface area contributed by atoms with Crippen LogP contribution in [0.15, 0.2) is 67.8 Å². The molecule has 0 heterocycles. The summed E-state index contributed by atoms with van der Waals surface area (Å²) in [7, 11) is 0. The van der Waals surface area contributed by atoms with Crippen LogP contribution in [0, 0.1) is 3.57 Å². The fraction of sp³-hybridized carbons (Fsp3) is 0.167. The highest BCUT2D eigenvalue weighted by atomic mass is 127. The first-order chi connectivity index (χ1) is 15.0. The molecule has 0 aliphatic heterocycles. The largest absolute Gasteiger partial charge is 0.481 e. The molecule has 0 aromatic heterocycles. The standard InChI is InChI=1S/C24H21IO6/c1-3-11-28-21(26)14-30-23-17-7-5-6-8-18(17)24(31-15-22(27)29-12-4-2)20-13-16(25)9-10-19(20)23/h3-10,13H,1-2,11-12,14-15H2. The molecule has 0 atom stereocenters. The minimum atomic E-state index is -0.493. The number of hydrogen-bond acceptors (Lipinski definition) is 6. The van der Waals surface area contributed by atoms with Gasteiger partial charge in [-0.05, 0) is 40.8 Å². The minimum absolute atomic E-state index is 0.121. The molecule has 0 amide bonds. The summed E-state index contributed by atoms with van der Waals surface area (Å²) in [5.41, 5.74) is 0. The maximum atomic E-state index is 12.0. The van der Waals surface area contributed by atoms with E-state index in [4.69, 9.17) is 18.9 Å². The molecule has 0 unspecified atom stereocenters. The summed E-state index contributed by atoms with van der Waals surface area (Å²) in [6, 6.07) is 13.3. The number of carbonyl (C=O) groups excluding carboxylic acids is 2. The van der Waals surface area contributed by atoms with Gasteiger partial charge in [0.2, 0.25) is 0 Å². The number of ether oxygens (including phenoxy) is 4. The number of carbonyl (C=O) groups is 2. The number of hydrogen-bond donors (Lipinski definition) is 0. The molecule has 0 aliphatic carbocycles. The van der Waals surface area contributed by atoms with Crippen molar-refractivity contribution in [1.29, 1.82) is 0 Å². The van der Waals surface area contributed by atoms with E-state index in [0.29, 0.717) is 11.5 Å². The average molecular weight is 532 g/mol. The molecule has 6 nitrogen and oxygen atoms in total. The van der Waals surface area contributed by atoms with Gasteiger partial charge in [0.05, 0.1) is 0 Å². The first-order valence-corrected chi connectivity index (χ1v) is 10.6. The zero-order valence-corrected chi connectivity index (χ0v) is 18.9. The number of fused-ring (bicyclic) bond motifs is 2. The van der Waals surface area contributed by atoms with Gasteiger partial charge in [-0.3, -0.25) is 0 Å². The lowest BCUT2D eigenvalue weighted by atomic mass is 10.0. The zero-order valence-electron chi connectivity index (χ0n) is 16.8. The summed E-state index contributed by atoms with van der Waals surface area (Å²) < 4.78 is 22.8. The lowest BCUT2D eigenvalue weighted by Crippen LogP contribution is -2.16. The van der Waals surface area contributed by atoms with Crippen molar-refractivity contribution in [2.75, 3.05) is 26.4 Å². The molecule has 0 bridgehead atoms. The first kappa shape index (κ1) is 22.6. The summed E-state index contributed by atoms with van der Waals surface area (Å²) >= 11 is 2.20. The van der Waals surface area contributed by atoms with Crippen molar-refractivity contribution in [2.45, 2.75) is 0 Å². The molecule has 0 N–H and O–H groups in total. The Bertz CT molecular complexity index is 1140. The third-order valence-corrected chi connectivity index (χ3v) is 4.95. The summed E-state index contributed by atoms with van der Waals surface area (Å²) in [4.78, 5) is 23.9. The number of benzene rings is 3. The second-order valence-electron chi connectivity index (χ2n) is 6.41. The van der Waals surface area contributed by atoms with Crippen LogP contribution in [-0.2, 0) is 19.1 Å². The van der Waals surface area contributed by atoms with E-state index in [1.807, 2.05) is 42.5 Å². The highest BCUT2D eigenvalue weighted by molar-refractivity contribution is 14.1. The van der Waals surface area contributed by atoms with Gasteiger partial charge < -0.3 is 18.9 Å². The Hall–Kier alpha value is -3.07. The lowest BCUT2D eigenvalue weighted by Gasteiger charge is -2.17. The molecular formula is C24H21IO6. The highest BCUT2D eigenvalue weighted by Gasteiger charge is 2.18. The molecule has 0 spiro atoms. The van der Waals surface area contributed by atoms with Crippen molar-refractivity contribution >= 4 is 56.1 Å². The van der Waals surface area contributed by atoms with E-state index in [1.54, 1.807) is 0 Å². The van der Waals surface area contributed by atoms with E-state index < -0.39 is 11.9 Å². The normalized spacial score (nSPS) is 10.5. The molecule has 31 heavy (non-hydrogen) atoms. The first-order valence-electron chi connectivity index (χ1n) is 9.47. The number of esters is 2. The van der Waals surface area contributed by atoms with Gasteiger partial charge in [-0.1, -0.05) is 49.6 Å². The van der Waals surface area contributed by atoms with E-state index >= 15 is 0 Å². The van der Waals surface area contributed by atoms with Gasteiger partial charge in [0.25, 0.3) is 0 Å². The van der Waals surface area contributed by atoms with Crippen molar-refractivity contribution < 1.29 is 28.5 Å². The average Bonchev–Trinajstić information content (AvgIpc) is 2.78. The Labute approximate surface area is 193 Å². The molecule has 3 aromatic rings. The van der Waals surface area contributed by atoms with Gasteiger partial charge in [0, 0.05) is 25.1 Å². The van der Waals surface area contributed by atoms with E-state index in [1.165, 1.54) is 12.2 Å². The van der Waals surface area contributed by atoms with Crippen LogP contribution in [0.3, 0.4) is 0 Å². The summed E-state index contributed by atoms with van der Waals surface area (Å²) in [5, 5.41) is 3.02. The Morgan fingerprint density at radius 1 is 0.774 bits per heavy atom. The monoisotopic (exact) mass is 532 g/mol. The molecule has 0 radical (unpaired) electrons. The molecular weight excluding hydrogens is 511 g/mol. The van der Waals surface area contributed by atoms with Crippen LogP contribution in [0.5, 0.6) is 11.5 Å². The lowest BCUT2D eigenvalue weighted by molar-refractivity contribution is -0.145. The van der Waals surface area contributed by atoms with Crippen molar-refractivity contribution in [1.82, 2.24) is 0 Å². The van der Waals surface area contributed by atoms with E-state index in [-0.39, 0.29) is 26.4 Å². The van der Waals surface area contributed by atoms with Gasteiger partial charge in [-0.15, -0.1) is 0 Å². The number of rotatable bonds is 10. The van der Waals surface area contributed by atoms with Crippen molar-refractivity contribution in [3.05, 3.63) is 71.3 Å². The third kappa shape index (κ3) is 5.55. The second-order valence-corrected chi connectivity index (χ2v) is 7.66. The van der Waals surface area contributed by atoms with E-state index in [9.17, 15) is 9.59 Å². The van der Waals surface area contributed by atoms with Crippen LogP contribution in [0.2, 0.25) is 0 Å². The van der Waals surface area contributed by atoms with Gasteiger partial charge in [0.15, 0.2) is 13.2 Å². The smallest absolute Gasteiger partial charge is 0.344 e. The maximum absolute atomic E-state index is 12.0. The molecule has 3 aromatic carbocycles. The Balaban J connectivity index is 2.04. The van der Waals surface area contributed by atoms with Crippen molar-refractivity contribution in [3.8, 4) is 11.5 Å². The number of halogens is 1. The van der Waals surface area contributed by atoms with Crippen LogP contribution < -0.4 is 9.47 Å². The predicted octanol–water partition coefficient (Wildman–Crippen LogP) is 4.81. The molecule has 0 saturated heterocycles. The second kappa shape index (κ2) is 10.8. The van der Waals surface area contributed by atoms with Crippen molar-refractivity contribution in [3.63, 3.8) is 0 Å². The van der Waals surface area contributed by atoms with Gasteiger partial charge in [-0.25, -0.2) is 9.59 Å². The summed E-state index contributed by atoms with van der Waals surface area (Å²) in [5.74, 6) is 0.0985. The Kier molecular flexibility index (Phi) is 7.88. The maximum Gasteiger partial charge on any atom is 0.344 e. The fourth-order valence-electron chi connectivity index (χ4n) is 3.03. The zero-order chi connectivity index (χ0) is 22.2. The fourth-order valence-corrected chi connectivity index (χ4v) is 3.52. The molecule has 160 valence electrons. The van der Waals surface area contributed by atoms with Crippen molar-refractivity contribution in [2.24, 2.45) is 0 Å². The predicted molar refractivity (Wildman–Crippen MR) is 127 cm³/mol. The summed E-state index contributed by atoms with van der Waals surface area (Å²) in [6.45, 7) is 6.81. The van der Waals surface area contributed by atoms with E-state index in [0.717, 1.165) is 25.1 Å². The van der Waals surface area contributed by atoms with Crippen LogP contribution in [0.4, 0.5) is 0 Å².